The van der Waals surface area contributed by atoms with E-state index in [0.29, 0.717) is 0 Å². The van der Waals surface area contributed by atoms with Crippen molar-refractivity contribution in [3.8, 4) is 0 Å². The van der Waals surface area contributed by atoms with E-state index in [-0.39, 0.29) is 0 Å². The van der Waals surface area contributed by atoms with Gasteiger partial charge in [0, 0.05) is 27.4 Å². The molecule has 5 heteroatoms. The first-order valence-corrected chi connectivity index (χ1v) is 6.27. The van der Waals surface area contributed by atoms with Crippen LogP contribution in [0.4, 0.5) is 5.69 Å². The first kappa shape index (κ1) is 11.4. The van der Waals surface area contributed by atoms with E-state index in [1.54, 1.807) is 30.4 Å². The van der Waals surface area contributed by atoms with Gasteiger partial charge in [-0.3, -0.25) is 4.98 Å². The Labute approximate surface area is 107 Å². The molecule has 0 aliphatic rings. The van der Waals surface area contributed by atoms with Crippen molar-refractivity contribution in [3.05, 3.63) is 40.8 Å². The van der Waals surface area contributed by atoms with Crippen LogP contribution < -0.4 is 5.73 Å². The van der Waals surface area contributed by atoms with Crippen molar-refractivity contribution in [1.29, 1.82) is 0 Å². The van der Waals surface area contributed by atoms with E-state index in [1.807, 2.05) is 19.1 Å². The van der Waals surface area contributed by atoms with Crippen LogP contribution in [-0.4, -0.2) is 9.97 Å². The van der Waals surface area contributed by atoms with E-state index in [2.05, 4.69) is 25.9 Å². The maximum Gasteiger partial charge on any atom is 0.119 e. The van der Waals surface area contributed by atoms with Gasteiger partial charge >= 0.3 is 0 Å². The van der Waals surface area contributed by atoms with Crippen molar-refractivity contribution in [2.24, 2.45) is 0 Å². The Morgan fingerprint density at radius 2 is 2.12 bits per heavy atom. The number of hydrogen-bond donors (Lipinski definition) is 1. The second-order valence-electron chi connectivity index (χ2n) is 3.28. The number of nitrogens with zero attached hydrogens (tertiary/aromatic N) is 2. The highest BCUT2D eigenvalue weighted by atomic mass is 79.9. The molecule has 1 aromatic heterocycles. The molecule has 0 amide bonds. The average molecular weight is 296 g/mol. The minimum atomic E-state index is 0.787. The fourth-order valence-electron chi connectivity index (χ4n) is 1.20. The number of aromatic nitrogens is 2. The summed E-state index contributed by atoms with van der Waals surface area (Å²) in [6.07, 6.45) is 5.08. The van der Waals surface area contributed by atoms with Gasteiger partial charge < -0.3 is 5.73 Å². The minimum Gasteiger partial charge on any atom is -0.398 e. The quantitative estimate of drug-likeness (QED) is 0.864. The second kappa shape index (κ2) is 4.84. The Balaban J connectivity index is 2.32. The van der Waals surface area contributed by atoms with Gasteiger partial charge in [-0.05, 0) is 40.5 Å². The molecular formula is C11H10BrN3S. The summed E-state index contributed by atoms with van der Waals surface area (Å²) in [5.74, 6) is 0. The fraction of sp³-hybridized carbons (Fsp3) is 0.0909. The number of rotatable bonds is 2. The molecule has 0 aliphatic carbocycles. The number of nitrogens with two attached hydrogens (primary N) is 1. The molecule has 2 rings (SSSR count). The highest BCUT2D eigenvalue weighted by Gasteiger charge is 2.06. The van der Waals surface area contributed by atoms with Gasteiger partial charge in [0.05, 0.1) is 6.20 Å². The zero-order chi connectivity index (χ0) is 11.5. The van der Waals surface area contributed by atoms with Crippen LogP contribution >= 0.6 is 27.7 Å². The molecule has 0 atom stereocenters. The molecule has 0 bridgehead atoms. The van der Waals surface area contributed by atoms with Crippen LogP contribution in [0.15, 0.2) is 45.1 Å². The number of anilines is 1. The van der Waals surface area contributed by atoms with Crippen molar-refractivity contribution in [3.63, 3.8) is 0 Å². The first-order chi connectivity index (χ1) is 7.66. The predicted octanol–water partition coefficient (Wildman–Crippen LogP) is 3.28. The average Bonchev–Trinajstić information content (AvgIpc) is 2.27. The first-order valence-electron chi connectivity index (χ1n) is 4.66. The molecule has 2 N–H and O–H groups in total. The maximum absolute atomic E-state index is 5.82. The van der Waals surface area contributed by atoms with E-state index >= 15 is 0 Å². The molecule has 2 aromatic rings. The van der Waals surface area contributed by atoms with Gasteiger partial charge in [0.15, 0.2) is 0 Å². The summed E-state index contributed by atoms with van der Waals surface area (Å²) in [6.45, 7) is 1.99. The summed E-state index contributed by atoms with van der Waals surface area (Å²) in [7, 11) is 0. The SMILES string of the molecule is Cc1cc(Sc2cnccn2)c(Br)cc1N. The van der Waals surface area contributed by atoms with Crippen LogP contribution in [0.3, 0.4) is 0 Å². The van der Waals surface area contributed by atoms with Gasteiger partial charge in [-0.1, -0.05) is 11.8 Å². The molecule has 0 saturated heterocycles. The molecule has 82 valence electrons. The molecule has 0 saturated carbocycles. The standard InChI is InChI=1S/C11H10BrN3S/c1-7-4-10(8(12)5-9(7)13)16-11-6-14-2-3-15-11/h2-6H,13H2,1H3. The topological polar surface area (TPSA) is 51.8 Å². The molecule has 3 nitrogen and oxygen atoms in total. The van der Waals surface area contributed by atoms with Crippen LogP contribution in [0, 0.1) is 6.92 Å². The van der Waals surface area contributed by atoms with Crippen molar-refractivity contribution in [1.82, 2.24) is 9.97 Å². The van der Waals surface area contributed by atoms with Gasteiger partial charge in [-0.2, -0.15) is 0 Å². The Hall–Kier alpha value is -1.07. The van der Waals surface area contributed by atoms with E-state index < -0.39 is 0 Å². The molecule has 1 aromatic carbocycles. The summed E-state index contributed by atoms with van der Waals surface area (Å²) in [5.41, 5.74) is 7.67. The van der Waals surface area contributed by atoms with Gasteiger partial charge in [0.1, 0.15) is 5.03 Å². The lowest BCUT2D eigenvalue weighted by atomic mass is 10.2. The summed E-state index contributed by atoms with van der Waals surface area (Å²) in [5, 5.41) is 0.868. The van der Waals surface area contributed by atoms with Crippen molar-refractivity contribution in [2.75, 3.05) is 5.73 Å². The van der Waals surface area contributed by atoms with Gasteiger partial charge in [-0.15, -0.1) is 0 Å². The number of hydrogen-bond acceptors (Lipinski definition) is 4. The number of benzene rings is 1. The summed E-state index contributed by atoms with van der Waals surface area (Å²) >= 11 is 5.05. The molecule has 0 aliphatic heterocycles. The molecule has 0 fully saturated rings. The molecular weight excluding hydrogens is 286 g/mol. The third kappa shape index (κ3) is 2.54. The van der Waals surface area contributed by atoms with Crippen LogP contribution in [0.5, 0.6) is 0 Å². The lowest BCUT2D eigenvalue weighted by Crippen LogP contribution is -1.90. The smallest absolute Gasteiger partial charge is 0.119 e. The minimum absolute atomic E-state index is 0.787. The normalized spacial score (nSPS) is 10.4. The summed E-state index contributed by atoms with van der Waals surface area (Å²) < 4.78 is 0.978. The van der Waals surface area contributed by atoms with Gasteiger partial charge in [0.25, 0.3) is 0 Å². The third-order valence-electron chi connectivity index (χ3n) is 2.07. The van der Waals surface area contributed by atoms with E-state index in [0.717, 1.165) is 25.6 Å². The highest BCUT2D eigenvalue weighted by molar-refractivity contribution is 9.10. The number of nitrogen functional groups attached to an aromatic ring is 1. The Morgan fingerprint density at radius 1 is 1.31 bits per heavy atom. The zero-order valence-electron chi connectivity index (χ0n) is 8.64. The summed E-state index contributed by atoms with van der Waals surface area (Å²) in [4.78, 5) is 9.33. The Morgan fingerprint density at radius 3 is 2.81 bits per heavy atom. The zero-order valence-corrected chi connectivity index (χ0v) is 11.0. The van der Waals surface area contributed by atoms with Gasteiger partial charge in [-0.25, -0.2) is 4.98 Å². The van der Waals surface area contributed by atoms with Crippen molar-refractivity contribution >= 4 is 33.4 Å². The summed E-state index contributed by atoms with van der Waals surface area (Å²) in [6, 6.07) is 3.95. The Kier molecular flexibility index (Phi) is 3.46. The Bertz CT molecular complexity index is 502. The van der Waals surface area contributed by atoms with E-state index in [4.69, 9.17) is 5.73 Å². The molecule has 0 unspecified atom stereocenters. The van der Waals surface area contributed by atoms with E-state index in [9.17, 15) is 0 Å². The van der Waals surface area contributed by atoms with Crippen molar-refractivity contribution in [2.45, 2.75) is 16.8 Å². The maximum atomic E-state index is 5.82. The molecule has 16 heavy (non-hydrogen) atoms. The number of aryl methyl sites for hydroxylation is 1. The van der Waals surface area contributed by atoms with Crippen LogP contribution in [0.1, 0.15) is 5.56 Å². The molecule has 0 radical (unpaired) electrons. The van der Waals surface area contributed by atoms with Crippen molar-refractivity contribution < 1.29 is 0 Å². The molecule has 0 spiro atoms. The van der Waals surface area contributed by atoms with Crippen LogP contribution in [0.25, 0.3) is 0 Å². The van der Waals surface area contributed by atoms with Crippen LogP contribution in [0.2, 0.25) is 0 Å². The van der Waals surface area contributed by atoms with Crippen LogP contribution in [-0.2, 0) is 0 Å². The molecule has 1 heterocycles. The van der Waals surface area contributed by atoms with Gasteiger partial charge in [0.2, 0.25) is 0 Å². The lowest BCUT2D eigenvalue weighted by Gasteiger charge is -2.07. The second-order valence-corrected chi connectivity index (χ2v) is 5.20. The predicted molar refractivity (Wildman–Crippen MR) is 69.4 cm³/mol. The lowest BCUT2D eigenvalue weighted by molar-refractivity contribution is 1.05. The monoisotopic (exact) mass is 295 g/mol. The third-order valence-corrected chi connectivity index (χ3v) is 3.97. The highest BCUT2D eigenvalue weighted by Crippen LogP contribution is 2.34. The van der Waals surface area contributed by atoms with E-state index in [1.165, 1.54) is 0 Å². The largest absolute Gasteiger partial charge is 0.398 e. The number of halogens is 1. The fourth-order valence-corrected chi connectivity index (χ4v) is 2.65.